The zero-order chi connectivity index (χ0) is 23.5. The third-order valence-electron chi connectivity index (χ3n) is 6.61. The number of fused-ring (bicyclic) bond motifs is 1. The molecule has 0 radical (unpaired) electrons. The lowest BCUT2D eigenvalue weighted by Crippen LogP contribution is -2.44. The number of methoxy groups -OCH3 is 1. The van der Waals surface area contributed by atoms with Crippen molar-refractivity contribution in [3.63, 3.8) is 0 Å². The zero-order valence-electron chi connectivity index (χ0n) is 19.5. The monoisotopic (exact) mass is 452 g/mol. The summed E-state index contributed by atoms with van der Waals surface area (Å²) in [5.41, 5.74) is 7.43. The number of hydrogen-bond acceptors (Lipinski definition) is 6. The van der Waals surface area contributed by atoms with Crippen molar-refractivity contribution in [3.8, 4) is 5.75 Å². The molecule has 3 N–H and O–H groups in total. The van der Waals surface area contributed by atoms with Crippen molar-refractivity contribution in [2.75, 3.05) is 32.1 Å². The standard InChI is InChI=1S/C24H32N6O3/c1-26-10-12-29(21-5-4-11-28(2)24(21)32)17-6-8-18(9-7-17)30-15-16-13-19(23(25)31)22(33-3)14-20(16)27-30/h4-5,11,13-15,17-18,26H,6-10,12H2,1-3H3,(H2,25,31). The molecule has 0 spiro atoms. The molecule has 33 heavy (non-hydrogen) atoms. The number of ether oxygens (including phenoxy) is 1. The number of nitrogens with two attached hydrogens (primary N) is 1. The average molecular weight is 453 g/mol. The number of aromatic nitrogens is 3. The predicted molar refractivity (Wildman–Crippen MR) is 129 cm³/mol. The van der Waals surface area contributed by atoms with Gasteiger partial charge in [-0.05, 0) is 50.9 Å². The fraction of sp³-hybridized carbons (Fsp3) is 0.458. The Morgan fingerprint density at radius 1 is 1.30 bits per heavy atom. The second kappa shape index (κ2) is 9.66. The van der Waals surface area contributed by atoms with Gasteiger partial charge in [0.15, 0.2) is 0 Å². The Morgan fingerprint density at radius 3 is 2.73 bits per heavy atom. The highest BCUT2D eigenvalue weighted by Gasteiger charge is 2.28. The maximum absolute atomic E-state index is 12.8. The van der Waals surface area contributed by atoms with Crippen LogP contribution in [0.3, 0.4) is 0 Å². The molecule has 0 aliphatic heterocycles. The summed E-state index contributed by atoms with van der Waals surface area (Å²) in [6.07, 6.45) is 7.64. The van der Waals surface area contributed by atoms with Crippen molar-refractivity contribution in [3.05, 3.63) is 52.6 Å². The van der Waals surface area contributed by atoms with Gasteiger partial charge in [-0.1, -0.05) is 0 Å². The van der Waals surface area contributed by atoms with E-state index in [-0.39, 0.29) is 11.6 Å². The number of primary amides is 1. The number of amides is 1. The van der Waals surface area contributed by atoms with E-state index < -0.39 is 5.91 Å². The summed E-state index contributed by atoms with van der Waals surface area (Å²) in [5.74, 6) is -0.0794. The summed E-state index contributed by atoms with van der Waals surface area (Å²) in [5, 5.41) is 8.83. The van der Waals surface area contributed by atoms with E-state index in [2.05, 4.69) is 10.2 Å². The van der Waals surface area contributed by atoms with Gasteiger partial charge < -0.3 is 25.3 Å². The van der Waals surface area contributed by atoms with Gasteiger partial charge in [-0.25, -0.2) is 0 Å². The summed E-state index contributed by atoms with van der Waals surface area (Å²) < 4.78 is 8.95. The Balaban J connectivity index is 1.53. The summed E-state index contributed by atoms with van der Waals surface area (Å²) in [7, 11) is 5.24. The number of aryl methyl sites for hydroxylation is 1. The van der Waals surface area contributed by atoms with Crippen LogP contribution in [0.15, 0.2) is 41.5 Å². The molecule has 1 saturated carbocycles. The number of carbonyl (C=O) groups is 1. The van der Waals surface area contributed by atoms with Crippen LogP contribution in [0.2, 0.25) is 0 Å². The van der Waals surface area contributed by atoms with Gasteiger partial charge in [0.05, 0.1) is 24.2 Å². The first-order valence-corrected chi connectivity index (χ1v) is 11.4. The molecule has 4 rings (SSSR count). The largest absolute Gasteiger partial charge is 0.496 e. The van der Waals surface area contributed by atoms with Gasteiger partial charge in [-0.3, -0.25) is 14.3 Å². The average Bonchev–Trinajstić information content (AvgIpc) is 3.24. The number of pyridine rings is 1. The normalized spacial score (nSPS) is 18.4. The second-order valence-corrected chi connectivity index (χ2v) is 8.65. The number of nitrogens with one attached hydrogen (secondary N) is 1. The van der Waals surface area contributed by atoms with Crippen LogP contribution in [0.4, 0.5) is 5.69 Å². The van der Waals surface area contributed by atoms with Crippen LogP contribution in [0.25, 0.3) is 10.9 Å². The van der Waals surface area contributed by atoms with Crippen molar-refractivity contribution in [2.24, 2.45) is 12.8 Å². The van der Waals surface area contributed by atoms with Crippen LogP contribution in [0.5, 0.6) is 5.75 Å². The highest BCUT2D eigenvalue weighted by molar-refractivity contribution is 6.00. The number of benzene rings is 1. The van der Waals surface area contributed by atoms with E-state index in [0.717, 1.165) is 55.4 Å². The van der Waals surface area contributed by atoms with Gasteiger partial charge in [-0.15, -0.1) is 0 Å². The molecule has 2 heterocycles. The van der Waals surface area contributed by atoms with Gasteiger partial charge in [0.25, 0.3) is 11.5 Å². The minimum atomic E-state index is -0.518. The number of nitrogens with zero attached hydrogens (tertiary/aromatic N) is 4. The molecule has 9 nitrogen and oxygen atoms in total. The Labute approximate surface area is 193 Å². The van der Waals surface area contributed by atoms with E-state index in [1.54, 1.807) is 29.9 Å². The molecule has 1 aromatic carbocycles. The molecule has 3 aromatic rings. The third kappa shape index (κ3) is 4.59. The molecule has 0 bridgehead atoms. The second-order valence-electron chi connectivity index (χ2n) is 8.65. The highest BCUT2D eigenvalue weighted by Crippen LogP contribution is 2.34. The number of rotatable bonds is 8. The van der Waals surface area contributed by atoms with E-state index >= 15 is 0 Å². The zero-order valence-corrected chi connectivity index (χ0v) is 19.5. The van der Waals surface area contributed by atoms with E-state index in [1.165, 1.54) is 7.11 Å². The van der Waals surface area contributed by atoms with Crippen molar-refractivity contribution in [1.29, 1.82) is 0 Å². The van der Waals surface area contributed by atoms with Crippen LogP contribution in [-0.2, 0) is 7.05 Å². The molecule has 1 aliphatic carbocycles. The first-order chi connectivity index (χ1) is 15.9. The molecule has 0 saturated heterocycles. The van der Waals surface area contributed by atoms with Crippen molar-refractivity contribution in [2.45, 2.75) is 37.8 Å². The van der Waals surface area contributed by atoms with E-state index in [0.29, 0.717) is 17.4 Å². The molecule has 9 heteroatoms. The van der Waals surface area contributed by atoms with Crippen LogP contribution >= 0.6 is 0 Å². The first-order valence-electron chi connectivity index (χ1n) is 11.4. The van der Waals surface area contributed by atoms with E-state index in [4.69, 9.17) is 15.6 Å². The van der Waals surface area contributed by atoms with Crippen molar-refractivity contribution >= 4 is 22.5 Å². The Hall–Kier alpha value is -3.33. The van der Waals surface area contributed by atoms with Crippen molar-refractivity contribution in [1.82, 2.24) is 19.7 Å². The van der Waals surface area contributed by atoms with Gasteiger partial charge >= 0.3 is 0 Å². The maximum atomic E-state index is 12.8. The van der Waals surface area contributed by atoms with Gasteiger partial charge in [0, 0.05) is 50.0 Å². The SMILES string of the molecule is CNCCN(c1cccn(C)c1=O)C1CCC(n2cc3cc(C(N)=O)c(OC)cc3n2)CC1. The number of anilines is 1. The molecule has 1 fully saturated rings. The quantitative estimate of drug-likeness (QED) is 0.542. The Kier molecular flexibility index (Phi) is 6.69. The molecule has 0 atom stereocenters. The maximum Gasteiger partial charge on any atom is 0.273 e. The summed E-state index contributed by atoms with van der Waals surface area (Å²) >= 11 is 0. The predicted octanol–water partition coefficient (Wildman–Crippen LogP) is 2.05. The van der Waals surface area contributed by atoms with E-state index in [9.17, 15) is 9.59 Å². The van der Waals surface area contributed by atoms with Gasteiger partial charge in [0.1, 0.15) is 11.4 Å². The Bertz CT molecular complexity index is 1190. The summed E-state index contributed by atoms with van der Waals surface area (Å²) in [4.78, 5) is 26.8. The van der Waals surface area contributed by atoms with Gasteiger partial charge in [0.2, 0.25) is 0 Å². The molecular weight excluding hydrogens is 420 g/mol. The van der Waals surface area contributed by atoms with Crippen LogP contribution in [0, 0.1) is 0 Å². The minimum absolute atomic E-state index is 0.0354. The van der Waals surface area contributed by atoms with Crippen LogP contribution < -0.4 is 26.2 Å². The lowest BCUT2D eigenvalue weighted by Gasteiger charge is -2.38. The molecule has 0 unspecified atom stereocenters. The van der Waals surface area contributed by atoms with Crippen LogP contribution in [0.1, 0.15) is 42.1 Å². The smallest absolute Gasteiger partial charge is 0.273 e. The molecule has 1 amide bonds. The molecule has 1 aliphatic rings. The minimum Gasteiger partial charge on any atom is -0.496 e. The fourth-order valence-corrected chi connectivity index (χ4v) is 4.79. The number of likely N-dealkylation sites (N-methyl/N-ethyl adjacent to an activating group) is 1. The molecule has 176 valence electrons. The third-order valence-corrected chi connectivity index (χ3v) is 6.61. The molecule has 2 aromatic heterocycles. The highest BCUT2D eigenvalue weighted by atomic mass is 16.5. The topological polar surface area (TPSA) is 107 Å². The van der Waals surface area contributed by atoms with Crippen molar-refractivity contribution < 1.29 is 9.53 Å². The van der Waals surface area contributed by atoms with Crippen LogP contribution in [-0.4, -0.2) is 53.5 Å². The van der Waals surface area contributed by atoms with Gasteiger partial charge in [-0.2, -0.15) is 5.10 Å². The molecular formula is C24H32N6O3. The first kappa shape index (κ1) is 22.8. The number of carbonyl (C=O) groups excluding carboxylic acids is 1. The summed E-state index contributed by atoms with van der Waals surface area (Å²) in [6.45, 7) is 1.60. The summed E-state index contributed by atoms with van der Waals surface area (Å²) in [6, 6.07) is 7.93. The lowest BCUT2D eigenvalue weighted by molar-refractivity contribution is 0.0997. The van der Waals surface area contributed by atoms with E-state index in [1.807, 2.05) is 30.1 Å². The Morgan fingerprint density at radius 2 is 2.06 bits per heavy atom. The number of hydrogen-bond donors (Lipinski definition) is 2. The lowest BCUT2D eigenvalue weighted by atomic mass is 9.90. The fourth-order valence-electron chi connectivity index (χ4n) is 4.79.